The second-order valence-corrected chi connectivity index (χ2v) is 7.26. The zero-order valence-corrected chi connectivity index (χ0v) is 16.1. The molecule has 2 fully saturated rings. The molecule has 3 rings (SSSR count). The fourth-order valence-electron chi connectivity index (χ4n) is 3.87. The van der Waals surface area contributed by atoms with Crippen molar-refractivity contribution in [2.75, 3.05) is 44.7 Å². The number of ether oxygens (including phenoxy) is 1. The average molecular weight is 361 g/mol. The van der Waals surface area contributed by atoms with E-state index in [2.05, 4.69) is 29.0 Å². The van der Waals surface area contributed by atoms with Crippen LogP contribution in [0.1, 0.15) is 49.9 Å². The maximum atomic E-state index is 12.8. The van der Waals surface area contributed by atoms with E-state index in [-0.39, 0.29) is 5.91 Å². The van der Waals surface area contributed by atoms with Crippen LogP contribution in [0, 0.1) is 0 Å². The molecule has 0 unspecified atom stereocenters. The molecule has 0 bridgehead atoms. The molecule has 0 atom stereocenters. The molecule has 2 aliphatic rings. The molecule has 0 spiro atoms. The SMILES string of the molecule is CCC(CC)Nc1ccc(C(=O)N2CCC(N3CCOCC3)CC2)cn1. The van der Waals surface area contributed by atoms with Crippen LogP contribution in [0.3, 0.4) is 0 Å². The van der Waals surface area contributed by atoms with Crippen LogP contribution >= 0.6 is 0 Å². The largest absolute Gasteiger partial charge is 0.379 e. The zero-order chi connectivity index (χ0) is 18.4. The van der Waals surface area contributed by atoms with Gasteiger partial charge >= 0.3 is 0 Å². The number of nitrogens with one attached hydrogen (secondary N) is 1. The van der Waals surface area contributed by atoms with Gasteiger partial charge < -0.3 is 15.0 Å². The Morgan fingerprint density at radius 1 is 1.19 bits per heavy atom. The van der Waals surface area contributed by atoms with Gasteiger partial charge in [-0.1, -0.05) is 13.8 Å². The van der Waals surface area contributed by atoms with E-state index in [1.807, 2.05) is 17.0 Å². The van der Waals surface area contributed by atoms with Gasteiger partial charge in [-0.25, -0.2) is 4.98 Å². The van der Waals surface area contributed by atoms with Crippen molar-refractivity contribution in [2.45, 2.75) is 51.6 Å². The first-order valence-corrected chi connectivity index (χ1v) is 10.0. The summed E-state index contributed by atoms with van der Waals surface area (Å²) >= 11 is 0. The lowest BCUT2D eigenvalue weighted by molar-refractivity contribution is 0.00158. The second-order valence-electron chi connectivity index (χ2n) is 7.26. The molecule has 0 aromatic carbocycles. The van der Waals surface area contributed by atoms with E-state index >= 15 is 0 Å². The first kappa shape index (κ1) is 19.1. The molecule has 1 amide bonds. The van der Waals surface area contributed by atoms with Crippen molar-refractivity contribution >= 4 is 11.7 Å². The Labute approximate surface area is 156 Å². The van der Waals surface area contributed by atoms with Gasteiger partial charge in [0.25, 0.3) is 5.91 Å². The van der Waals surface area contributed by atoms with E-state index in [1.165, 1.54) is 0 Å². The van der Waals surface area contributed by atoms with Gasteiger partial charge in [-0.2, -0.15) is 0 Å². The molecule has 1 aromatic rings. The average Bonchev–Trinajstić information content (AvgIpc) is 2.72. The minimum atomic E-state index is 0.104. The van der Waals surface area contributed by atoms with E-state index < -0.39 is 0 Å². The Morgan fingerprint density at radius 2 is 1.88 bits per heavy atom. The summed E-state index contributed by atoms with van der Waals surface area (Å²) in [5.41, 5.74) is 0.685. The number of hydrogen-bond donors (Lipinski definition) is 1. The summed E-state index contributed by atoms with van der Waals surface area (Å²) in [6.07, 6.45) is 5.94. The molecule has 0 radical (unpaired) electrons. The summed E-state index contributed by atoms with van der Waals surface area (Å²) in [6, 6.07) is 4.84. The van der Waals surface area contributed by atoms with Gasteiger partial charge in [0, 0.05) is 44.5 Å². The monoisotopic (exact) mass is 360 g/mol. The van der Waals surface area contributed by atoms with Gasteiger partial charge in [0.2, 0.25) is 0 Å². The number of amides is 1. The van der Waals surface area contributed by atoms with Crippen LogP contribution in [-0.4, -0.2) is 72.2 Å². The van der Waals surface area contributed by atoms with Crippen LogP contribution in [-0.2, 0) is 4.74 Å². The second kappa shape index (κ2) is 9.33. The minimum Gasteiger partial charge on any atom is -0.379 e. The van der Waals surface area contributed by atoms with Crippen molar-refractivity contribution in [2.24, 2.45) is 0 Å². The molecule has 0 aliphatic carbocycles. The molecule has 26 heavy (non-hydrogen) atoms. The van der Waals surface area contributed by atoms with Crippen molar-refractivity contribution in [3.63, 3.8) is 0 Å². The van der Waals surface area contributed by atoms with E-state index in [4.69, 9.17) is 4.74 Å². The van der Waals surface area contributed by atoms with Gasteiger partial charge in [0.15, 0.2) is 0 Å². The van der Waals surface area contributed by atoms with Gasteiger partial charge in [-0.15, -0.1) is 0 Å². The lowest BCUT2D eigenvalue weighted by atomic mass is 10.0. The van der Waals surface area contributed by atoms with Crippen LogP contribution in [0.2, 0.25) is 0 Å². The number of likely N-dealkylation sites (tertiary alicyclic amines) is 1. The van der Waals surface area contributed by atoms with Crippen molar-refractivity contribution in [1.82, 2.24) is 14.8 Å². The summed E-state index contributed by atoms with van der Waals surface area (Å²) < 4.78 is 5.44. The highest BCUT2D eigenvalue weighted by Gasteiger charge is 2.28. The van der Waals surface area contributed by atoms with Crippen molar-refractivity contribution in [3.05, 3.63) is 23.9 Å². The maximum Gasteiger partial charge on any atom is 0.255 e. The van der Waals surface area contributed by atoms with Crippen LogP contribution in [0.5, 0.6) is 0 Å². The van der Waals surface area contributed by atoms with E-state index in [1.54, 1.807) is 6.20 Å². The van der Waals surface area contributed by atoms with E-state index in [0.29, 0.717) is 17.6 Å². The number of carbonyl (C=O) groups is 1. The molecule has 1 aromatic heterocycles. The highest BCUT2D eigenvalue weighted by molar-refractivity contribution is 5.94. The number of rotatable bonds is 6. The number of carbonyl (C=O) groups excluding carboxylic acids is 1. The van der Waals surface area contributed by atoms with Crippen LogP contribution in [0.4, 0.5) is 5.82 Å². The fourth-order valence-corrected chi connectivity index (χ4v) is 3.87. The van der Waals surface area contributed by atoms with E-state index in [9.17, 15) is 4.79 Å². The number of morpholine rings is 1. The van der Waals surface area contributed by atoms with Gasteiger partial charge in [0.1, 0.15) is 5.82 Å². The van der Waals surface area contributed by atoms with Crippen LogP contribution < -0.4 is 5.32 Å². The number of piperidine rings is 1. The Bertz CT molecular complexity index is 560. The minimum absolute atomic E-state index is 0.104. The lowest BCUT2D eigenvalue weighted by Crippen LogP contribution is -2.50. The Balaban J connectivity index is 1.51. The predicted molar refractivity (Wildman–Crippen MR) is 104 cm³/mol. The third-order valence-corrected chi connectivity index (χ3v) is 5.66. The first-order valence-electron chi connectivity index (χ1n) is 10.0. The maximum absolute atomic E-state index is 12.8. The molecule has 144 valence electrons. The topological polar surface area (TPSA) is 57.7 Å². The Hall–Kier alpha value is -1.66. The quantitative estimate of drug-likeness (QED) is 0.845. The standard InChI is InChI=1S/C20H32N4O2/c1-3-17(4-2)22-19-6-5-16(15-21-19)20(25)24-9-7-18(8-10-24)23-11-13-26-14-12-23/h5-6,15,17-18H,3-4,7-14H2,1-2H3,(H,21,22). The molecule has 2 aliphatic heterocycles. The highest BCUT2D eigenvalue weighted by atomic mass is 16.5. The van der Waals surface area contributed by atoms with Crippen molar-refractivity contribution in [3.8, 4) is 0 Å². The van der Waals surface area contributed by atoms with Crippen molar-refractivity contribution < 1.29 is 9.53 Å². The third-order valence-electron chi connectivity index (χ3n) is 5.66. The fraction of sp³-hybridized carbons (Fsp3) is 0.700. The molecule has 6 heteroatoms. The molecule has 2 saturated heterocycles. The molecule has 1 N–H and O–H groups in total. The number of anilines is 1. The number of hydrogen-bond acceptors (Lipinski definition) is 5. The lowest BCUT2D eigenvalue weighted by Gasteiger charge is -2.40. The Morgan fingerprint density at radius 3 is 2.46 bits per heavy atom. The summed E-state index contributed by atoms with van der Waals surface area (Å²) in [5, 5.41) is 3.41. The number of pyridine rings is 1. The number of nitrogens with zero attached hydrogens (tertiary/aromatic N) is 3. The van der Waals surface area contributed by atoms with Crippen LogP contribution in [0.25, 0.3) is 0 Å². The molecule has 3 heterocycles. The summed E-state index contributed by atoms with van der Waals surface area (Å²) in [7, 11) is 0. The number of aromatic nitrogens is 1. The molecule has 0 saturated carbocycles. The highest BCUT2D eigenvalue weighted by Crippen LogP contribution is 2.20. The van der Waals surface area contributed by atoms with Gasteiger partial charge in [-0.3, -0.25) is 9.69 Å². The summed E-state index contributed by atoms with van der Waals surface area (Å²) in [5.74, 6) is 0.952. The zero-order valence-electron chi connectivity index (χ0n) is 16.1. The molecule has 6 nitrogen and oxygen atoms in total. The van der Waals surface area contributed by atoms with Gasteiger partial charge in [-0.05, 0) is 37.8 Å². The van der Waals surface area contributed by atoms with E-state index in [0.717, 1.165) is 70.9 Å². The Kier molecular flexibility index (Phi) is 6.86. The molecular weight excluding hydrogens is 328 g/mol. The summed E-state index contributed by atoms with van der Waals surface area (Å²) in [6.45, 7) is 9.70. The normalized spacial score (nSPS) is 19.7. The first-order chi connectivity index (χ1) is 12.7. The predicted octanol–water partition coefficient (Wildman–Crippen LogP) is 2.62. The van der Waals surface area contributed by atoms with Crippen molar-refractivity contribution in [1.29, 1.82) is 0 Å². The van der Waals surface area contributed by atoms with Gasteiger partial charge in [0.05, 0.1) is 18.8 Å². The summed E-state index contributed by atoms with van der Waals surface area (Å²) in [4.78, 5) is 21.7. The third kappa shape index (κ3) is 4.74. The van der Waals surface area contributed by atoms with Crippen LogP contribution in [0.15, 0.2) is 18.3 Å². The smallest absolute Gasteiger partial charge is 0.255 e. The molecular formula is C20H32N4O2.